The van der Waals surface area contributed by atoms with Crippen LogP contribution >= 0.6 is 23.2 Å². The highest BCUT2D eigenvalue weighted by molar-refractivity contribution is 7.87. The zero-order valence-corrected chi connectivity index (χ0v) is 20.4. The summed E-state index contributed by atoms with van der Waals surface area (Å²) in [5.74, 6) is -0.944. The fourth-order valence-corrected chi connectivity index (χ4v) is 4.07. The van der Waals surface area contributed by atoms with Crippen molar-refractivity contribution in [1.29, 1.82) is 5.26 Å². The largest absolute Gasteiger partial charge is 0.379 e. The molecule has 0 radical (unpaired) electrons. The van der Waals surface area contributed by atoms with Crippen molar-refractivity contribution in [1.82, 2.24) is 0 Å². The standard InChI is InChI=1S/C24H17Cl2N3O5S/c1-15(30)28-19-5-9-21(10-6-19)35(32,33)34-20-7-2-16(3-8-20)12-17(14-27)24(31)29-23-13-18(25)4-11-22(23)26/h2-13H,1H3,(H,28,30)(H,29,31)/b17-12+. The van der Waals surface area contributed by atoms with Crippen molar-refractivity contribution >= 4 is 62.6 Å². The Morgan fingerprint density at radius 3 is 2.23 bits per heavy atom. The van der Waals surface area contributed by atoms with Gasteiger partial charge in [0.1, 0.15) is 22.3 Å². The minimum Gasteiger partial charge on any atom is -0.379 e. The summed E-state index contributed by atoms with van der Waals surface area (Å²) in [5.41, 5.74) is 0.951. The van der Waals surface area contributed by atoms with Gasteiger partial charge in [-0.3, -0.25) is 9.59 Å². The summed E-state index contributed by atoms with van der Waals surface area (Å²) < 4.78 is 30.2. The van der Waals surface area contributed by atoms with Gasteiger partial charge in [-0.15, -0.1) is 0 Å². The molecule has 0 aliphatic rings. The number of carbonyl (C=O) groups is 2. The molecule has 8 nitrogen and oxygen atoms in total. The topological polar surface area (TPSA) is 125 Å². The van der Waals surface area contributed by atoms with Crippen molar-refractivity contribution in [3.8, 4) is 11.8 Å². The number of hydrogen-bond acceptors (Lipinski definition) is 6. The van der Waals surface area contributed by atoms with Crippen molar-refractivity contribution in [3.05, 3.63) is 87.9 Å². The third-order valence-corrected chi connectivity index (χ3v) is 6.23. The number of benzene rings is 3. The molecule has 0 saturated heterocycles. The molecule has 0 aliphatic carbocycles. The molecule has 0 aromatic heterocycles. The predicted octanol–water partition coefficient (Wildman–Crippen LogP) is 5.27. The second-order valence-corrected chi connectivity index (χ2v) is 9.45. The van der Waals surface area contributed by atoms with Crippen LogP contribution in [0.25, 0.3) is 6.08 Å². The van der Waals surface area contributed by atoms with E-state index in [1.807, 2.05) is 6.07 Å². The molecular weight excluding hydrogens is 513 g/mol. The van der Waals surface area contributed by atoms with Crippen LogP contribution in [-0.4, -0.2) is 20.2 Å². The van der Waals surface area contributed by atoms with Gasteiger partial charge in [0.25, 0.3) is 5.91 Å². The molecular formula is C24H17Cl2N3O5S. The van der Waals surface area contributed by atoms with Crippen molar-refractivity contribution < 1.29 is 22.2 Å². The normalized spacial score (nSPS) is 11.3. The molecule has 2 amide bonds. The summed E-state index contributed by atoms with van der Waals surface area (Å²) in [6.45, 7) is 1.34. The molecule has 0 spiro atoms. The first kappa shape index (κ1) is 25.8. The number of halogens is 2. The molecule has 2 N–H and O–H groups in total. The third kappa shape index (κ3) is 7.07. The van der Waals surface area contributed by atoms with E-state index in [9.17, 15) is 23.3 Å². The maximum atomic E-state index is 12.5. The van der Waals surface area contributed by atoms with Crippen molar-refractivity contribution in [2.75, 3.05) is 10.6 Å². The van der Waals surface area contributed by atoms with Gasteiger partial charge in [0.05, 0.1) is 10.7 Å². The predicted molar refractivity (Wildman–Crippen MR) is 134 cm³/mol. The van der Waals surface area contributed by atoms with E-state index in [0.29, 0.717) is 16.3 Å². The van der Waals surface area contributed by atoms with Crippen molar-refractivity contribution in [2.45, 2.75) is 11.8 Å². The molecule has 0 atom stereocenters. The summed E-state index contributed by atoms with van der Waals surface area (Å²) in [5, 5.41) is 15.1. The third-order valence-electron chi connectivity index (χ3n) is 4.40. The Bertz CT molecular complexity index is 1450. The number of rotatable bonds is 7. The van der Waals surface area contributed by atoms with Crippen LogP contribution in [0.4, 0.5) is 11.4 Å². The molecule has 0 unspecified atom stereocenters. The molecule has 3 aromatic rings. The lowest BCUT2D eigenvalue weighted by Crippen LogP contribution is -2.13. The molecule has 0 heterocycles. The van der Waals surface area contributed by atoms with Gasteiger partial charge in [0, 0.05) is 17.6 Å². The van der Waals surface area contributed by atoms with E-state index in [-0.39, 0.29) is 32.8 Å². The van der Waals surface area contributed by atoms with Crippen molar-refractivity contribution in [3.63, 3.8) is 0 Å². The maximum Gasteiger partial charge on any atom is 0.339 e. The van der Waals surface area contributed by atoms with Gasteiger partial charge in [-0.05, 0) is 66.2 Å². The lowest BCUT2D eigenvalue weighted by atomic mass is 10.1. The van der Waals surface area contributed by atoms with Gasteiger partial charge in [-0.2, -0.15) is 13.7 Å². The molecule has 3 aromatic carbocycles. The molecule has 0 fully saturated rings. The Kier molecular flexibility index (Phi) is 8.14. The van der Waals surface area contributed by atoms with Crippen LogP contribution in [0.1, 0.15) is 12.5 Å². The molecule has 0 saturated carbocycles. The number of amides is 2. The fourth-order valence-electron chi connectivity index (χ4n) is 2.80. The Hall–Kier alpha value is -3.84. The summed E-state index contributed by atoms with van der Waals surface area (Å²) in [6, 6.07) is 17.6. The summed E-state index contributed by atoms with van der Waals surface area (Å²) >= 11 is 11.9. The lowest BCUT2D eigenvalue weighted by molar-refractivity contribution is -0.114. The first-order valence-electron chi connectivity index (χ1n) is 9.88. The van der Waals surface area contributed by atoms with E-state index < -0.39 is 16.0 Å². The monoisotopic (exact) mass is 529 g/mol. The number of carbonyl (C=O) groups excluding carboxylic acids is 2. The minimum atomic E-state index is -4.12. The summed E-state index contributed by atoms with van der Waals surface area (Å²) in [7, 11) is -4.12. The Morgan fingerprint density at radius 2 is 1.63 bits per heavy atom. The van der Waals surface area contributed by atoms with E-state index >= 15 is 0 Å². The Morgan fingerprint density at radius 1 is 0.971 bits per heavy atom. The molecule has 0 bridgehead atoms. The average molecular weight is 530 g/mol. The van der Waals surface area contributed by atoms with E-state index in [2.05, 4.69) is 10.6 Å². The molecule has 11 heteroatoms. The van der Waals surface area contributed by atoms with Crippen LogP contribution in [0.2, 0.25) is 10.0 Å². The van der Waals surface area contributed by atoms with Crippen LogP contribution < -0.4 is 14.8 Å². The van der Waals surface area contributed by atoms with Gasteiger partial charge in [-0.25, -0.2) is 0 Å². The highest BCUT2D eigenvalue weighted by Crippen LogP contribution is 2.26. The van der Waals surface area contributed by atoms with Crippen LogP contribution in [0.3, 0.4) is 0 Å². The van der Waals surface area contributed by atoms with Gasteiger partial charge in [0.2, 0.25) is 5.91 Å². The SMILES string of the molecule is CC(=O)Nc1ccc(S(=O)(=O)Oc2ccc(/C=C(\C#N)C(=O)Nc3cc(Cl)ccc3Cl)cc2)cc1. The summed E-state index contributed by atoms with van der Waals surface area (Å²) in [6.07, 6.45) is 1.33. The molecule has 3 rings (SSSR count). The smallest absolute Gasteiger partial charge is 0.339 e. The second kappa shape index (κ2) is 11.1. The Balaban J connectivity index is 1.72. The second-order valence-electron chi connectivity index (χ2n) is 7.06. The number of nitriles is 1. The lowest BCUT2D eigenvalue weighted by Gasteiger charge is -2.09. The van der Waals surface area contributed by atoms with Crippen LogP contribution in [0.5, 0.6) is 5.75 Å². The molecule has 178 valence electrons. The van der Waals surface area contributed by atoms with E-state index in [4.69, 9.17) is 27.4 Å². The molecule has 35 heavy (non-hydrogen) atoms. The van der Waals surface area contributed by atoms with Gasteiger partial charge in [0.15, 0.2) is 0 Å². The first-order valence-corrected chi connectivity index (χ1v) is 12.0. The van der Waals surface area contributed by atoms with E-state index in [1.54, 1.807) is 6.07 Å². The Labute approximate surface area is 211 Å². The number of nitrogens with one attached hydrogen (secondary N) is 2. The molecule has 0 aliphatic heterocycles. The zero-order chi connectivity index (χ0) is 25.6. The maximum absolute atomic E-state index is 12.5. The zero-order valence-electron chi connectivity index (χ0n) is 18.1. The van der Waals surface area contributed by atoms with Gasteiger partial charge >= 0.3 is 10.1 Å². The summed E-state index contributed by atoms with van der Waals surface area (Å²) in [4.78, 5) is 23.5. The van der Waals surface area contributed by atoms with Crippen LogP contribution in [-0.2, 0) is 19.7 Å². The first-order chi connectivity index (χ1) is 16.6. The average Bonchev–Trinajstić information content (AvgIpc) is 2.80. The van der Waals surface area contributed by atoms with Crippen LogP contribution in [0.15, 0.2) is 77.2 Å². The minimum absolute atomic E-state index is 0.0294. The van der Waals surface area contributed by atoms with Crippen molar-refractivity contribution in [2.24, 2.45) is 0 Å². The fraction of sp³-hybridized carbons (Fsp3) is 0.0417. The number of anilines is 2. The van der Waals surface area contributed by atoms with Gasteiger partial charge in [-0.1, -0.05) is 35.3 Å². The van der Waals surface area contributed by atoms with E-state index in [0.717, 1.165) is 0 Å². The number of hydrogen-bond donors (Lipinski definition) is 2. The quantitative estimate of drug-likeness (QED) is 0.244. The van der Waals surface area contributed by atoms with Crippen LogP contribution in [0, 0.1) is 11.3 Å². The number of nitrogens with zero attached hydrogens (tertiary/aromatic N) is 1. The highest BCUT2D eigenvalue weighted by Gasteiger charge is 2.17. The van der Waals surface area contributed by atoms with E-state index in [1.165, 1.54) is 73.7 Å². The highest BCUT2D eigenvalue weighted by atomic mass is 35.5. The van der Waals surface area contributed by atoms with Gasteiger partial charge < -0.3 is 14.8 Å².